The molecule has 0 amide bonds. The molecule has 120 valence electrons. The third-order valence-electron chi connectivity index (χ3n) is 3.22. The number of halogens is 1. The molecule has 0 heterocycles. The Kier molecular flexibility index (Phi) is 7.71. The zero-order chi connectivity index (χ0) is 16.5. The predicted octanol–water partition coefficient (Wildman–Crippen LogP) is 3.21. The fraction of sp³-hybridized carbons (Fsp3) is 0.353. The first-order valence-corrected chi connectivity index (χ1v) is 7.59. The van der Waals surface area contributed by atoms with Crippen LogP contribution in [0.3, 0.4) is 0 Å². The molecule has 0 aliphatic carbocycles. The molecule has 0 bridgehead atoms. The van der Waals surface area contributed by atoms with Crippen LogP contribution < -0.4 is 10.6 Å². The molecule has 0 radical (unpaired) electrons. The topological polar surface area (TPSA) is 56.7 Å². The van der Waals surface area contributed by atoms with Crippen LogP contribution >= 0.6 is 11.6 Å². The van der Waals surface area contributed by atoms with Gasteiger partial charge in [0, 0.05) is 18.8 Å². The van der Waals surface area contributed by atoms with Crippen molar-refractivity contribution in [2.75, 3.05) is 19.0 Å². The molecule has 0 aliphatic heterocycles. The van der Waals surface area contributed by atoms with Crippen LogP contribution in [0.5, 0.6) is 0 Å². The SMILES string of the molecule is C=C/C(Cl)=N\C(=C/Cc1cc(NC)ccc1C)NC(C)CO. The Morgan fingerprint density at radius 1 is 1.50 bits per heavy atom. The van der Waals surface area contributed by atoms with E-state index in [0.29, 0.717) is 17.4 Å². The number of benzene rings is 1. The summed E-state index contributed by atoms with van der Waals surface area (Å²) in [6.07, 6.45) is 4.15. The molecule has 3 N–H and O–H groups in total. The molecular weight excluding hydrogens is 298 g/mol. The Labute approximate surface area is 137 Å². The van der Waals surface area contributed by atoms with Crippen molar-refractivity contribution in [1.29, 1.82) is 0 Å². The second kappa shape index (κ2) is 9.28. The van der Waals surface area contributed by atoms with E-state index in [2.05, 4.69) is 41.3 Å². The molecule has 1 unspecified atom stereocenters. The maximum atomic E-state index is 9.17. The van der Waals surface area contributed by atoms with E-state index in [9.17, 15) is 5.11 Å². The highest BCUT2D eigenvalue weighted by atomic mass is 35.5. The molecule has 4 nitrogen and oxygen atoms in total. The van der Waals surface area contributed by atoms with Crippen molar-refractivity contribution in [2.24, 2.45) is 4.99 Å². The van der Waals surface area contributed by atoms with E-state index in [1.807, 2.05) is 26.1 Å². The van der Waals surface area contributed by atoms with Gasteiger partial charge in [-0.15, -0.1) is 0 Å². The molecule has 1 aromatic rings. The Bertz CT molecular complexity index is 567. The molecular formula is C17H24ClN3O. The molecule has 0 saturated heterocycles. The van der Waals surface area contributed by atoms with Gasteiger partial charge in [0.15, 0.2) is 0 Å². The van der Waals surface area contributed by atoms with E-state index in [4.69, 9.17) is 11.6 Å². The van der Waals surface area contributed by atoms with Crippen LogP contribution in [0, 0.1) is 6.92 Å². The summed E-state index contributed by atoms with van der Waals surface area (Å²) < 4.78 is 0. The molecule has 1 rings (SSSR count). The lowest BCUT2D eigenvalue weighted by atomic mass is 10.0. The third-order valence-corrected chi connectivity index (χ3v) is 3.46. The van der Waals surface area contributed by atoms with Crippen molar-refractivity contribution in [1.82, 2.24) is 5.32 Å². The Hall–Kier alpha value is -1.78. The van der Waals surface area contributed by atoms with Crippen LogP contribution in [0.2, 0.25) is 0 Å². The van der Waals surface area contributed by atoms with Crippen LogP contribution in [0.15, 0.2) is 47.7 Å². The van der Waals surface area contributed by atoms with Gasteiger partial charge in [-0.05, 0) is 55.7 Å². The fourth-order valence-electron chi connectivity index (χ4n) is 1.85. The molecule has 0 saturated carbocycles. The largest absolute Gasteiger partial charge is 0.394 e. The van der Waals surface area contributed by atoms with Crippen molar-refractivity contribution in [2.45, 2.75) is 26.3 Å². The molecule has 0 spiro atoms. The quantitative estimate of drug-likeness (QED) is 0.644. The number of rotatable bonds is 8. The summed E-state index contributed by atoms with van der Waals surface area (Å²) in [6.45, 7) is 7.56. The van der Waals surface area contributed by atoms with Crippen molar-refractivity contribution in [3.8, 4) is 0 Å². The van der Waals surface area contributed by atoms with E-state index in [-0.39, 0.29) is 12.6 Å². The molecule has 0 aliphatic rings. The molecule has 1 aromatic carbocycles. The summed E-state index contributed by atoms with van der Waals surface area (Å²) in [5, 5.41) is 15.7. The minimum Gasteiger partial charge on any atom is -0.394 e. The van der Waals surface area contributed by atoms with Crippen LogP contribution in [0.4, 0.5) is 5.69 Å². The van der Waals surface area contributed by atoms with Crippen molar-refractivity contribution in [3.63, 3.8) is 0 Å². The monoisotopic (exact) mass is 321 g/mol. The zero-order valence-electron chi connectivity index (χ0n) is 13.4. The lowest BCUT2D eigenvalue weighted by Crippen LogP contribution is -2.28. The second-order valence-corrected chi connectivity index (χ2v) is 5.44. The average Bonchev–Trinajstić information content (AvgIpc) is 2.53. The molecule has 0 aromatic heterocycles. The van der Waals surface area contributed by atoms with E-state index in [1.165, 1.54) is 17.2 Å². The molecule has 0 fully saturated rings. The van der Waals surface area contributed by atoms with Gasteiger partial charge < -0.3 is 15.7 Å². The summed E-state index contributed by atoms with van der Waals surface area (Å²) in [4.78, 5) is 4.26. The van der Waals surface area contributed by atoms with Gasteiger partial charge in [0.2, 0.25) is 0 Å². The highest BCUT2D eigenvalue weighted by molar-refractivity contribution is 6.68. The van der Waals surface area contributed by atoms with Crippen LogP contribution in [0.25, 0.3) is 0 Å². The van der Waals surface area contributed by atoms with Crippen LogP contribution in [-0.2, 0) is 6.42 Å². The first kappa shape index (κ1) is 18.3. The van der Waals surface area contributed by atoms with E-state index < -0.39 is 0 Å². The van der Waals surface area contributed by atoms with Gasteiger partial charge in [-0.1, -0.05) is 24.2 Å². The summed E-state index contributed by atoms with van der Waals surface area (Å²) in [5.74, 6) is 0.626. The normalized spacial score (nSPS) is 13.7. The number of allylic oxidation sites excluding steroid dienone is 2. The number of nitrogens with one attached hydrogen (secondary N) is 2. The number of aliphatic hydroxyl groups is 1. The summed E-state index contributed by atoms with van der Waals surface area (Å²) in [5.41, 5.74) is 3.48. The van der Waals surface area contributed by atoms with Crippen molar-refractivity contribution < 1.29 is 5.11 Å². The van der Waals surface area contributed by atoms with Crippen LogP contribution in [0.1, 0.15) is 18.1 Å². The second-order valence-electron chi connectivity index (χ2n) is 5.05. The maximum absolute atomic E-state index is 9.17. The number of hydrogen-bond acceptors (Lipinski definition) is 4. The standard InChI is InChI=1S/C17H24ClN3O/c1-5-16(18)21-17(20-13(3)11-22)9-7-14-10-15(19-4)8-6-12(14)2/h5-6,8-10,13,19-20,22H,1,7,11H2,2-4H3/b17-9-,21-16+. The maximum Gasteiger partial charge on any atom is 0.130 e. The minimum atomic E-state index is -0.103. The molecule has 22 heavy (non-hydrogen) atoms. The Morgan fingerprint density at radius 2 is 2.23 bits per heavy atom. The summed E-state index contributed by atoms with van der Waals surface area (Å²) in [7, 11) is 1.90. The average molecular weight is 322 g/mol. The van der Waals surface area contributed by atoms with Crippen molar-refractivity contribution in [3.05, 3.63) is 53.9 Å². The number of aliphatic imine (C=N–C) groups is 1. The Balaban J connectivity index is 2.99. The molecule has 5 heteroatoms. The van der Waals surface area contributed by atoms with Gasteiger partial charge in [0.1, 0.15) is 11.0 Å². The number of aliphatic hydroxyl groups excluding tert-OH is 1. The summed E-state index contributed by atoms with van der Waals surface area (Å²) in [6, 6.07) is 6.13. The highest BCUT2D eigenvalue weighted by Crippen LogP contribution is 2.16. The molecule has 1 atom stereocenters. The van der Waals surface area contributed by atoms with Crippen molar-refractivity contribution >= 4 is 22.5 Å². The minimum absolute atomic E-state index is 0.0207. The number of hydrogen-bond donors (Lipinski definition) is 3. The van der Waals surface area contributed by atoms with Gasteiger partial charge in [0.25, 0.3) is 0 Å². The van der Waals surface area contributed by atoms with Gasteiger partial charge in [0.05, 0.1) is 6.61 Å². The lowest BCUT2D eigenvalue weighted by Gasteiger charge is -2.13. The number of anilines is 1. The fourth-order valence-corrected chi connectivity index (χ4v) is 1.94. The highest BCUT2D eigenvalue weighted by Gasteiger charge is 2.04. The smallest absolute Gasteiger partial charge is 0.130 e. The lowest BCUT2D eigenvalue weighted by molar-refractivity contribution is 0.258. The van der Waals surface area contributed by atoms with Crippen LogP contribution in [-0.4, -0.2) is 30.0 Å². The zero-order valence-corrected chi connectivity index (χ0v) is 14.1. The third kappa shape index (κ3) is 5.92. The van der Waals surface area contributed by atoms with Gasteiger partial charge in [-0.3, -0.25) is 0 Å². The van der Waals surface area contributed by atoms with E-state index >= 15 is 0 Å². The number of aryl methyl sites for hydroxylation is 1. The number of nitrogens with zero attached hydrogens (tertiary/aromatic N) is 1. The van der Waals surface area contributed by atoms with Gasteiger partial charge in [-0.25, -0.2) is 4.99 Å². The predicted molar refractivity (Wildman–Crippen MR) is 95.7 cm³/mol. The van der Waals surface area contributed by atoms with E-state index in [1.54, 1.807) is 0 Å². The first-order chi connectivity index (χ1) is 10.5. The van der Waals surface area contributed by atoms with E-state index in [0.717, 1.165) is 5.69 Å². The Morgan fingerprint density at radius 3 is 2.82 bits per heavy atom. The first-order valence-electron chi connectivity index (χ1n) is 7.21. The van der Waals surface area contributed by atoms with Gasteiger partial charge in [-0.2, -0.15) is 0 Å². The van der Waals surface area contributed by atoms with Gasteiger partial charge >= 0.3 is 0 Å². The summed E-state index contributed by atoms with van der Waals surface area (Å²) >= 11 is 5.93.